The second kappa shape index (κ2) is 11.1. The van der Waals surface area contributed by atoms with Gasteiger partial charge in [-0.05, 0) is 30.2 Å². The molecule has 2 amide bonds. The first-order valence-corrected chi connectivity index (χ1v) is 11.7. The molecule has 194 valence electrons. The quantitative estimate of drug-likeness (QED) is 0.478. The maximum Gasteiger partial charge on any atom is 0.573 e. The first kappa shape index (κ1) is 26.3. The molecule has 4 rings (SSSR count). The average molecular weight is 534 g/mol. The van der Waals surface area contributed by atoms with Gasteiger partial charge >= 0.3 is 6.36 Å². The molecule has 11 heteroatoms. The number of benzene rings is 2. The standard InChI is InChI=1S/C26H23ClF3N3O4/c1-36-24-20(27)13-17(14-31-24)25(35)33-12-11-21(19(15-33)16-7-3-2-4-8-16)32-23(34)18-9-5-6-10-22(18)37-26(28,29)30/h2-10,13-14,19,21H,11-12,15H2,1H3,(H,32,34)/t19-,21-/m1/s1. The van der Waals surface area contributed by atoms with Gasteiger partial charge in [0.1, 0.15) is 10.8 Å². The van der Waals surface area contributed by atoms with Crippen molar-refractivity contribution in [2.75, 3.05) is 20.2 Å². The third-order valence-corrected chi connectivity index (χ3v) is 6.32. The normalized spacial score (nSPS) is 17.7. The summed E-state index contributed by atoms with van der Waals surface area (Å²) in [5.74, 6) is -1.68. The molecular formula is C26H23ClF3N3O4. The lowest BCUT2D eigenvalue weighted by Gasteiger charge is -2.39. The van der Waals surface area contributed by atoms with Crippen molar-refractivity contribution in [3.05, 3.63) is 88.6 Å². The fourth-order valence-corrected chi connectivity index (χ4v) is 4.58. The summed E-state index contributed by atoms with van der Waals surface area (Å²) < 4.78 is 47.6. The van der Waals surface area contributed by atoms with Gasteiger partial charge in [-0.2, -0.15) is 0 Å². The van der Waals surface area contributed by atoms with E-state index in [0.29, 0.717) is 18.5 Å². The number of likely N-dealkylation sites (tertiary alicyclic amines) is 1. The van der Waals surface area contributed by atoms with Crippen molar-refractivity contribution in [2.24, 2.45) is 0 Å². The molecule has 2 heterocycles. The summed E-state index contributed by atoms with van der Waals surface area (Å²) in [6.07, 6.45) is -3.18. The van der Waals surface area contributed by atoms with E-state index in [1.54, 1.807) is 4.90 Å². The van der Waals surface area contributed by atoms with Gasteiger partial charge in [0.2, 0.25) is 5.88 Å². The number of piperidine rings is 1. The Labute approximate surface area is 216 Å². The van der Waals surface area contributed by atoms with Crippen LogP contribution in [0.2, 0.25) is 5.02 Å². The Morgan fingerprint density at radius 2 is 1.81 bits per heavy atom. The minimum absolute atomic E-state index is 0.204. The largest absolute Gasteiger partial charge is 0.573 e. The van der Waals surface area contributed by atoms with Crippen LogP contribution in [0.25, 0.3) is 0 Å². The van der Waals surface area contributed by atoms with Crippen molar-refractivity contribution < 1.29 is 32.2 Å². The van der Waals surface area contributed by atoms with Crippen LogP contribution in [0.15, 0.2) is 66.9 Å². The number of alkyl halides is 3. The van der Waals surface area contributed by atoms with Crippen LogP contribution in [0.5, 0.6) is 11.6 Å². The summed E-state index contributed by atoms with van der Waals surface area (Å²) in [4.78, 5) is 32.0. The molecule has 0 radical (unpaired) electrons. The zero-order chi connectivity index (χ0) is 26.6. The summed E-state index contributed by atoms with van der Waals surface area (Å²) in [6.45, 7) is 0.565. The fourth-order valence-electron chi connectivity index (χ4n) is 4.34. The van der Waals surface area contributed by atoms with Crippen LogP contribution in [-0.2, 0) is 0 Å². The van der Waals surface area contributed by atoms with Crippen molar-refractivity contribution in [1.29, 1.82) is 0 Å². The summed E-state index contributed by atoms with van der Waals surface area (Å²) in [7, 11) is 1.42. The summed E-state index contributed by atoms with van der Waals surface area (Å²) >= 11 is 6.14. The average Bonchev–Trinajstić information content (AvgIpc) is 2.88. The molecule has 2 aromatic carbocycles. The number of hydrogen-bond acceptors (Lipinski definition) is 5. The van der Waals surface area contributed by atoms with Gasteiger partial charge in [0.15, 0.2) is 0 Å². The Hall–Kier alpha value is -3.79. The Morgan fingerprint density at radius 1 is 1.11 bits per heavy atom. The number of para-hydroxylation sites is 1. The molecule has 3 aromatic rings. The minimum atomic E-state index is -4.94. The summed E-state index contributed by atoms with van der Waals surface area (Å²) in [6, 6.07) is 15.5. The SMILES string of the molecule is COc1ncc(C(=O)N2CC[C@@H](NC(=O)c3ccccc3OC(F)(F)F)[C@@H](c3ccccc3)C2)cc1Cl. The Balaban J connectivity index is 1.56. The highest BCUT2D eigenvalue weighted by atomic mass is 35.5. The van der Waals surface area contributed by atoms with Crippen molar-refractivity contribution in [2.45, 2.75) is 24.7 Å². The number of halogens is 4. The number of hydrogen-bond donors (Lipinski definition) is 1. The number of aromatic nitrogens is 1. The summed E-state index contributed by atoms with van der Waals surface area (Å²) in [5.41, 5.74) is 0.929. The van der Waals surface area contributed by atoms with Crippen LogP contribution in [0.4, 0.5) is 13.2 Å². The van der Waals surface area contributed by atoms with Gasteiger partial charge in [-0.15, -0.1) is 13.2 Å². The minimum Gasteiger partial charge on any atom is -0.480 e. The van der Waals surface area contributed by atoms with Crippen molar-refractivity contribution in [3.63, 3.8) is 0 Å². The number of pyridine rings is 1. The molecule has 0 bridgehead atoms. The predicted octanol–water partition coefficient (Wildman–Crippen LogP) is 5.07. The molecule has 7 nitrogen and oxygen atoms in total. The van der Waals surface area contributed by atoms with Crippen LogP contribution in [0.1, 0.15) is 38.6 Å². The molecule has 0 saturated carbocycles. The van der Waals surface area contributed by atoms with E-state index in [-0.39, 0.29) is 34.8 Å². The van der Waals surface area contributed by atoms with E-state index in [9.17, 15) is 22.8 Å². The van der Waals surface area contributed by atoms with Crippen LogP contribution in [-0.4, -0.2) is 54.3 Å². The topological polar surface area (TPSA) is 80.8 Å². The summed E-state index contributed by atoms with van der Waals surface area (Å²) in [5, 5.41) is 3.06. The number of amides is 2. The maximum atomic E-state index is 13.2. The zero-order valence-corrected chi connectivity index (χ0v) is 20.4. The fraction of sp³-hybridized carbons (Fsp3) is 0.269. The van der Waals surface area contributed by atoms with E-state index in [0.717, 1.165) is 11.6 Å². The third kappa shape index (κ3) is 6.32. The number of rotatable bonds is 6. The Bertz CT molecular complexity index is 1270. The molecule has 1 aromatic heterocycles. The van der Waals surface area contributed by atoms with Crippen LogP contribution >= 0.6 is 11.6 Å². The van der Waals surface area contributed by atoms with Gasteiger partial charge in [-0.3, -0.25) is 9.59 Å². The number of nitrogens with one attached hydrogen (secondary N) is 1. The highest BCUT2D eigenvalue weighted by molar-refractivity contribution is 6.32. The second-order valence-corrected chi connectivity index (χ2v) is 8.80. The van der Waals surface area contributed by atoms with E-state index >= 15 is 0 Å². The molecule has 0 spiro atoms. The monoisotopic (exact) mass is 533 g/mol. The van der Waals surface area contributed by atoms with Gasteiger partial charge < -0.3 is 19.7 Å². The molecule has 0 aliphatic carbocycles. The molecule has 0 unspecified atom stereocenters. The lowest BCUT2D eigenvalue weighted by molar-refractivity contribution is -0.274. The lowest BCUT2D eigenvalue weighted by atomic mass is 9.85. The van der Waals surface area contributed by atoms with Crippen LogP contribution < -0.4 is 14.8 Å². The molecule has 1 N–H and O–H groups in total. The Kier molecular flexibility index (Phi) is 7.87. The van der Waals surface area contributed by atoms with Crippen LogP contribution in [0, 0.1) is 0 Å². The number of carbonyl (C=O) groups is 2. The number of ether oxygens (including phenoxy) is 2. The van der Waals surface area contributed by atoms with E-state index in [4.69, 9.17) is 16.3 Å². The van der Waals surface area contributed by atoms with E-state index in [1.165, 1.54) is 37.6 Å². The second-order valence-electron chi connectivity index (χ2n) is 8.40. The molecular weight excluding hydrogens is 511 g/mol. The molecule has 1 aliphatic rings. The highest BCUT2D eigenvalue weighted by Gasteiger charge is 2.36. The third-order valence-electron chi connectivity index (χ3n) is 6.05. The maximum absolute atomic E-state index is 13.2. The van der Waals surface area contributed by atoms with Gasteiger partial charge in [-0.1, -0.05) is 54.1 Å². The van der Waals surface area contributed by atoms with E-state index < -0.39 is 24.1 Å². The highest BCUT2D eigenvalue weighted by Crippen LogP contribution is 2.31. The number of nitrogens with zero attached hydrogens (tertiary/aromatic N) is 2. The number of methoxy groups -OCH3 is 1. The van der Waals surface area contributed by atoms with Crippen molar-refractivity contribution in [1.82, 2.24) is 15.2 Å². The molecule has 1 fully saturated rings. The smallest absolute Gasteiger partial charge is 0.480 e. The van der Waals surface area contributed by atoms with E-state index in [2.05, 4.69) is 15.0 Å². The first-order valence-electron chi connectivity index (χ1n) is 11.4. The lowest BCUT2D eigenvalue weighted by Crippen LogP contribution is -2.51. The van der Waals surface area contributed by atoms with Gasteiger partial charge in [-0.25, -0.2) is 4.98 Å². The van der Waals surface area contributed by atoms with Gasteiger partial charge in [0.25, 0.3) is 11.8 Å². The van der Waals surface area contributed by atoms with Gasteiger partial charge in [0.05, 0.1) is 18.2 Å². The van der Waals surface area contributed by atoms with Crippen molar-refractivity contribution >= 4 is 23.4 Å². The van der Waals surface area contributed by atoms with E-state index in [1.807, 2.05) is 30.3 Å². The van der Waals surface area contributed by atoms with Crippen LogP contribution in [0.3, 0.4) is 0 Å². The number of carbonyl (C=O) groups excluding carboxylic acids is 2. The molecule has 1 saturated heterocycles. The molecule has 37 heavy (non-hydrogen) atoms. The Morgan fingerprint density at radius 3 is 2.49 bits per heavy atom. The predicted molar refractivity (Wildman–Crippen MR) is 130 cm³/mol. The first-order chi connectivity index (χ1) is 17.7. The zero-order valence-electron chi connectivity index (χ0n) is 19.7. The van der Waals surface area contributed by atoms with Crippen molar-refractivity contribution in [3.8, 4) is 11.6 Å². The molecule has 2 atom stereocenters. The molecule has 1 aliphatic heterocycles. The van der Waals surface area contributed by atoms with Gasteiger partial charge in [0, 0.05) is 31.2 Å².